The molecule has 6 nitrogen and oxygen atoms in total. The number of carboxylic acids is 2. The van der Waals surface area contributed by atoms with E-state index in [1.165, 1.54) is 49.7 Å². The van der Waals surface area contributed by atoms with E-state index >= 15 is 0 Å². The van der Waals surface area contributed by atoms with Crippen molar-refractivity contribution < 1.29 is 28.9 Å². The van der Waals surface area contributed by atoms with Gasteiger partial charge in [-0.3, -0.25) is 4.98 Å². The Balaban J connectivity index is 2.27. The summed E-state index contributed by atoms with van der Waals surface area (Å²) in [6.07, 6.45) is 1.41. The zero-order valence-electron chi connectivity index (χ0n) is 13.0. The van der Waals surface area contributed by atoms with Crippen LogP contribution in [0.4, 0.5) is 4.39 Å². The third kappa shape index (κ3) is 2.87. The van der Waals surface area contributed by atoms with Crippen molar-refractivity contribution in [2.75, 3.05) is 7.11 Å². The fourth-order valence-corrected chi connectivity index (χ4v) is 2.58. The van der Waals surface area contributed by atoms with Gasteiger partial charge in [0.1, 0.15) is 0 Å². The van der Waals surface area contributed by atoms with Crippen LogP contribution in [-0.4, -0.2) is 34.2 Å². The molecular formula is C18H12FNO5. The van der Waals surface area contributed by atoms with E-state index in [2.05, 4.69) is 4.98 Å². The lowest BCUT2D eigenvalue weighted by Gasteiger charge is -2.09. The average molecular weight is 341 g/mol. The van der Waals surface area contributed by atoms with Crippen LogP contribution < -0.4 is 4.74 Å². The van der Waals surface area contributed by atoms with Crippen LogP contribution in [0.15, 0.2) is 42.6 Å². The first-order chi connectivity index (χ1) is 11.9. The molecule has 0 saturated heterocycles. The van der Waals surface area contributed by atoms with Gasteiger partial charge in [-0.2, -0.15) is 0 Å². The molecule has 0 amide bonds. The number of methoxy groups -OCH3 is 1. The predicted molar refractivity (Wildman–Crippen MR) is 87.6 cm³/mol. The molecule has 0 fully saturated rings. The monoisotopic (exact) mass is 341 g/mol. The number of rotatable bonds is 4. The fraction of sp³-hybridized carbons (Fsp3) is 0.0556. The van der Waals surface area contributed by atoms with Gasteiger partial charge in [0, 0.05) is 17.1 Å². The number of fused-ring (bicyclic) bond motifs is 1. The van der Waals surface area contributed by atoms with Gasteiger partial charge in [0.2, 0.25) is 0 Å². The molecule has 0 unspecified atom stereocenters. The lowest BCUT2D eigenvalue weighted by molar-refractivity contribution is 0.0684. The first-order valence-corrected chi connectivity index (χ1v) is 7.15. The quantitative estimate of drug-likeness (QED) is 0.754. The summed E-state index contributed by atoms with van der Waals surface area (Å²) >= 11 is 0. The van der Waals surface area contributed by atoms with Crippen LogP contribution in [0.3, 0.4) is 0 Å². The van der Waals surface area contributed by atoms with Crippen LogP contribution in [-0.2, 0) is 0 Å². The van der Waals surface area contributed by atoms with Gasteiger partial charge in [0.25, 0.3) is 0 Å². The van der Waals surface area contributed by atoms with E-state index in [0.29, 0.717) is 11.1 Å². The smallest absolute Gasteiger partial charge is 0.337 e. The molecule has 1 aromatic heterocycles. The molecule has 126 valence electrons. The number of carboxylic acid groups (broad SMARTS) is 2. The molecule has 3 rings (SSSR count). The number of hydrogen-bond donors (Lipinski definition) is 2. The van der Waals surface area contributed by atoms with Crippen molar-refractivity contribution in [1.82, 2.24) is 4.98 Å². The highest BCUT2D eigenvalue weighted by molar-refractivity contribution is 6.10. The maximum absolute atomic E-state index is 13.6. The highest BCUT2D eigenvalue weighted by Gasteiger charge is 2.17. The van der Waals surface area contributed by atoms with Crippen molar-refractivity contribution >= 4 is 22.8 Å². The Kier molecular flexibility index (Phi) is 4.06. The normalized spacial score (nSPS) is 10.6. The van der Waals surface area contributed by atoms with Gasteiger partial charge in [0.05, 0.1) is 23.8 Å². The highest BCUT2D eigenvalue weighted by atomic mass is 19.1. The lowest BCUT2D eigenvalue weighted by atomic mass is 9.99. The fourth-order valence-electron chi connectivity index (χ4n) is 2.58. The molecule has 0 aliphatic carbocycles. The van der Waals surface area contributed by atoms with Gasteiger partial charge in [-0.25, -0.2) is 14.0 Å². The van der Waals surface area contributed by atoms with E-state index in [0.717, 1.165) is 0 Å². The van der Waals surface area contributed by atoms with Gasteiger partial charge in [-0.1, -0.05) is 6.07 Å². The molecule has 2 aromatic carbocycles. The third-order valence-electron chi connectivity index (χ3n) is 3.79. The van der Waals surface area contributed by atoms with E-state index in [4.69, 9.17) is 4.74 Å². The number of nitrogens with zero attached hydrogens (tertiary/aromatic N) is 1. The zero-order valence-corrected chi connectivity index (χ0v) is 13.0. The van der Waals surface area contributed by atoms with Crippen LogP contribution >= 0.6 is 0 Å². The topological polar surface area (TPSA) is 96.7 Å². The second kappa shape index (κ2) is 6.20. The second-order valence-corrected chi connectivity index (χ2v) is 5.24. The molecule has 0 spiro atoms. The van der Waals surface area contributed by atoms with Crippen LogP contribution in [0, 0.1) is 5.82 Å². The van der Waals surface area contributed by atoms with Crippen LogP contribution in [0.25, 0.3) is 22.0 Å². The summed E-state index contributed by atoms with van der Waals surface area (Å²) in [5, 5.41) is 18.8. The summed E-state index contributed by atoms with van der Waals surface area (Å²) in [4.78, 5) is 26.9. The average Bonchev–Trinajstić information content (AvgIpc) is 2.60. The van der Waals surface area contributed by atoms with E-state index in [-0.39, 0.29) is 27.8 Å². The Morgan fingerprint density at radius 2 is 1.68 bits per heavy atom. The number of pyridine rings is 1. The molecule has 2 N–H and O–H groups in total. The zero-order chi connectivity index (χ0) is 18.1. The molecule has 0 saturated carbocycles. The van der Waals surface area contributed by atoms with Crippen LogP contribution in [0.5, 0.6) is 5.75 Å². The molecule has 0 aliphatic heterocycles. The standard InChI is InChI=1S/C18H12FNO5/c1-25-15-7-9(2-5-14(15)19)10-6-13-11(17(21)22)3-4-12(18(23)24)16(13)20-8-10/h2-8H,1H3,(H,21,22)(H,23,24). The Bertz CT molecular complexity index is 1020. The number of aromatic carboxylic acids is 2. The van der Waals surface area contributed by atoms with Crippen molar-refractivity contribution in [3.8, 4) is 16.9 Å². The maximum atomic E-state index is 13.6. The first kappa shape index (κ1) is 16.4. The Hall–Kier alpha value is -3.48. The minimum atomic E-state index is -1.20. The summed E-state index contributed by atoms with van der Waals surface area (Å²) in [7, 11) is 1.34. The Labute approximate surface area is 141 Å². The largest absolute Gasteiger partial charge is 0.494 e. The van der Waals surface area contributed by atoms with Crippen molar-refractivity contribution in [1.29, 1.82) is 0 Å². The van der Waals surface area contributed by atoms with Gasteiger partial charge < -0.3 is 14.9 Å². The number of aromatic nitrogens is 1. The van der Waals surface area contributed by atoms with E-state index in [1.807, 2.05) is 0 Å². The van der Waals surface area contributed by atoms with E-state index in [1.54, 1.807) is 0 Å². The number of ether oxygens (including phenoxy) is 1. The van der Waals surface area contributed by atoms with Crippen molar-refractivity contribution in [3.63, 3.8) is 0 Å². The van der Waals surface area contributed by atoms with Crippen molar-refractivity contribution in [2.24, 2.45) is 0 Å². The molecule has 1 heterocycles. The SMILES string of the molecule is COc1cc(-c2cnc3c(C(=O)O)ccc(C(=O)O)c3c2)ccc1F. The summed E-state index contributed by atoms with van der Waals surface area (Å²) in [6, 6.07) is 8.14. The molecule has 3 aromatic rings. The molecule has 7 heteroatoms. The number of halogens is 1. The Morgan fingerprint density at radius 3 is 2.32 bits per heavy atom. The number of hydrogen-bond acceptors (Lipinski definition) is 4. The molecule has 0 bridgehead atoms. The molecule has 0 radical (unpaired) electrons. The predicted octanol–water partition coefficient (Wildman–Crippen LogP) is 3.45. The van der Waals surface area contributed by atoms with E-state index < -0.39 is 17.8 Å². The summed E-state index contributed by atoms with van der Waals surface area (Å²) in [5.74, 6) is -2.89. The minimum absolute atomic E-state index is 0.0374. The Morgan fingerprint density at radius 1 is 1.00 bits per heavy atom. The van der Waals surface area contributed by atoms with Gasteiger partial charge in [-0.05, 0) is 35.9 Å². The number of carbonyl (C=O) groups is 2. The number of benzene rings is 2. The van der Waals surface area contributed by atoms with Gasteiger partial charge >= 0.3 is 11.9 Å². The van der Waals surface area contributed by atoms with Crippen LogP contribution in [0.2, 0.25) is 0 Å². The second-order valence-electron chi connectivity index (χ2n) is 5.24. The van der Waals surface area contributed by atoms with Crippen molar-refractivity contribution in [2.45, 2.75) is 0 Å². The minimum Gasteiger partial charge on any atom is -0.494 e. The van der Waals surface area contributed by atoms with Crippen molar-refractivity contribution in [3.05, 3.63) is 59.5 Å². The third-order valence-corrected chi connectivity index (χ3v) is 3.79. The summed E-state index contributed by atoms with van der Waals surface area (Å²) in [6.45, 7) is 0. The van der Waals surface area contributed by atoms with E-state index in [9.17, 15) is 24.2 Å². The maximum Gasteiger partial charge on any atom is 0.337 e. The summed E-state index contributed by atoms with van der Waals surface area (Å²) < 4.78 is 18.5. The first-order valence-electron chi connectivity index (χ1n) is 7.15. The summed E-state index contributed by atoms with van der Waals surface area (Å²) in [5.41, 5.74) is 0.984. The molecule has 0 atom stereocenters. The molecule has 0 aliphatic rings. The highest BCUT2D eigenvalue weighted by Crippen LogP contribution is 2.30. The van der Waals surface area contributed by atoms with Crippen LogP contribution in [0.1, 0.15) is 20.7 Å². The molecule has 25 heavy (non-hydrogen) atoms. The lowest BCUT2D eigenvalue weighted by Crippen LogP contribution is -2.04. The van der Waals surface area contributed by atoms with Gasteiger partial charge in [0.15, 0.2) is 11.6 Å². The molecular weight excluding hydrogens is 329 g/mol. The van der Waals surface area contributed by atoms with Gasteiger partial charge in [-0.15, -0.1) is 0 Å².